The van der Waals surface area contributed by atoms with Gasteiger partial charge in [-0.2, -0.15) is 4.98 Å². The number of nitrogens with one attached hydrogen (secondary N) is 2. The second-order valence-electron chi connectivity index (χ2n) is 4.05. The summed E-state index contributed by atoms with van der Waals surface area (Å²) in [6.45, 7) is 1.68. The zero-order valence-electron chi connectivity index (χ0n) is 11.0. The molecule has 0 aliphatic carbocycles. The maximum Gasteiger partial charge on any atom is 0.294 e. The number of carbonyl (C=O) groups is 1. The summed E-state index contributed by atoms with van der Waals surface area (Å²) in [5.74, 6) is 5.37. The molecule has 0 bridgehead atoms. The molecule has 0 unspecified atom stereocenters. The highest BCUT2D eigenvalue weighted by atomic mass is 16.6. The van der Waals surface area contributed by atoms with Gasteiger partial charge in [0.1, 0.15) is 5.69 Å². The summed E-state index contributed by atoms with van der Waals surface area (Å²) in [7, 11) is 0. The minimum absolute atomic E-state index is 0.0564. The van der Waals surface area contributed by atoms with E-state index in [4.69, 9.17) is 10.4 Å². The summed E-state index contributed by atoms with van der Waals surface area (Å²) in [5, 5.41) is 17.0. The molecule has 0 radical (unpaired) electrons. The lowest BCUT2D eigenvalue weighted by atomic mass is 10.1. The van der Waals surface area contributed by atoms with Gasteiger partial charge >= 0.3 is 0 Å². The van der Waals surface area contributed by atoms with Crippen LogP contribution in [0.5, 0.6) is 0 Å². The molecule has 10 heteroatoms. The first kappa shape index (κ1) is 14.4. The number of nitro groups is 1. The topological polar surface area (TPSA) is 149 Å². The van der Waals surface area contributed by atoms with E-state index in [1.54, 1.807) is 6.92 Å². The van der Waals surface area contributed by atoms with Gasteiger partial charge in [-0.1, -0.05) is 5.16 Å². The number of aryl methyl sites for hydroxylation is 1. The highest BCUT2D eigenvalue weighted by Crippen LogP contribution is 2.24. The summed E-state index contributed by atoms with van der Waals surface area (Å²) < 4.78 is 4.76. The predicted octanol–water partition coefficient (Wildman–Crippen LogP) is 0.502. The molecule has 0 aliphatic heterocycles. The zero-order chi connectivity index (χ0) is 15.4. The first-order valence-corrected chi connectivity index (χ1v) is 5.83. The number of rotatable bonds is 5. The largest absolute Gasteiger partial charge is 0.345 e. The molecule has 0 saturated carbocycles. The van der Waals surface area contributed by atoms with Crippen molar-refractivity contribution in [3.05, 3.63) is 45.6 Å². The smallest absolute Gasteiger partial charge is 0.294 e. The summed E-state index contributed by atoms with van der Waals surface area (Å²) in [6.07, 6.45) is 0. The maximum atomic E-state index is 11.9. The summed E-state index contributed by atoms with van der Waals surface area (Å²) >= 11 is 0. The molecule has 0 spiro atoms. The van der Waals surface area contributed by atoms with Crippen molar-refractivity contribution in [1.82, 2.24) is 15.5 Å². The van der Waals surface area contributed by atoms with Crippen LogP contribution < -0.4 is 16.6 Å². The molecule has 2 aromatic rings. The number of nitrogens with two attached hydrogens (primary N) is 1. The first-order valence-electron chi connectivity index (χ1n) is 5.83. The molecule has 10 nitrogen and oxygen atoms in total. The molecule has 0 fully saturated rings. The second kappa shape index (κ2) is 5.96. The Morgan fingerprint density at radius 1 is 1.52 bits per heavy atom. The summed E-state index contributed by atoms with van der Waals surface area (Å²) in [4.78, 5) is 26.1. The number of nitro benzene ring substituents is 1. The van der Waals surface area contributed by atoms with E-state index in [1.807, 2.05) is 0 Å². The number of amides is 1. The molecule has 2 rings (SSSR count). The third-order valence-electron chi connectivity index (χ3n) is 2.59. The molecule has 0 atom stereocenters. The average molecular weight is 292 g/mol. The summed E-state index contributed by atoms with van der Waals surface area (Å²) in [5.41, 5.74) is 2.15. The fraction of sp³-hybridized carbons (Fsp3) is 0.182. The van der Waals surface area contributed by atoms with Gasteiger partial charge in [0.05, 0.1) is 11.5 Å². The van der Waals surface area contributed by atoms with Crippen LogP contribution in [-0.2, 0) is 6.54 Å². The van der Waals surface area contributed by atoms with Crippen LogP contribution in [0.1, 0.15) is 22.1 Å². The lowest BCUT2D eigenvalue weighted by molar-refractivity contribution is -0.384. The van der Waals surface area contributed by atoms with Gasteiger partial charge < -0.3 is 15.3 Å². The standard InChI is InChI=1S/C11H12N6O4/c1-6-14-10(16-21-6)5-13-11(18)7-2-3-8(15-12)9(4-7)17(19)20/h2-4,15H,5,12H2,1H3,(H,13,18). The number of hydrazine groups is 1. The van der Waals surface area contributed by atoms with E-state index in [0.717, 1.165) is 6.07 Å². The molecule has 1 amide bonds. The molecule has 21 heavy (non-hydrogen) atoms. The number of nitrogen functional groups attached to an aromatic ring is 1. The van der Waals surface area contributed by atoms with Crippen molar-refractivity contribution in [2.45, 2.75) is 13.5 Å². The molecule has 1 aromatic carbocycles. The SMILES string of the molecule is Cc1nc(CNC(=O)c2ccc(NN)c([N+](=O)[O-])c2)no1. The monoisotopic (exact) mass is 292 g/mol. The number of benzene rings is 1. The lowest BCUT2D eigenvalue weighted by Gasteiger charge is -2.05. The van der Waals surface area contributed by atoms with E-state index in [-0.39, 0.29) is 23.5 Å². The van der Waals surface area contributed by atoms with Gasteiger partial charge in [-0.15, -0.1) is 0 Å². The van der Waals surface area contributed by atoms with Crippen LogP contribution in [0, 0.1) is 17.0 Å². The molecule has 110 valence electrons. The Hall–Kier alpha value is -3.01. The van der Waals surface area contributed by atoms with Crippen LogP contribution in [0.15, 0.2) is 22.7 Å². The molecular weight excluding hydrogens is 280 g/mol. The third kappa shape index (κ3) is 3.30. The summed E-state index contributed by atoms with van der Waals surface area (Å²) in [6, 6.07) is 3.90. The average Bonchev–Trinajstić information content (AvgIpc) is 2.89. The fourth-order valence-corrected chi connectivity index (χ4v) is 1.62. The Balaban J connectivity index is 2.12. The van der Waals surface area contributed by atoms with Crippen LogP contribution in [0.3, 0.4) is 0 Å². The van der Waals surface area contributed by atoms with Gasteiger partial charge in [-0.05, 0) is 12.1 Å². The van der Waals surface area contributed by atoms with Crippen molar-refractivity contribution in [1.29, 1.82) is 0 Å². The molecule has 4 N–H and O–H groups in total. The van der Waals surface area contributed by atoms with E-state index < -0.39 is 10.8 Å². The van der Waals surface area contributed by atoms with E-state index in [2.05, 4.69) is 20.9 Å². The highest BCUT2D eigenvalue weighted by molar-refractivity contribution is 5.95. The number of hydrogen-bond donors (Lipinski definition) is 3. The number of carbonyl (C=O) groups excluding carboxylic acids is 1. The van der Waals surface area contributed by atoms with Crippen molar-refractivity contribution in [3.63, 3.8) is 0 Å². The molecule has 0 aliphatic rings. The fourth-order valence-electron chi connectivity index (χ4n) is 1.62. The van der Waals surface area contributed by atoms with Gasteiger partial charge in [0, 0.05) is 18.6 Å². The highest BCUT2D eigenvalue weighted by Gasteiger charge is 2.17. The number of nitrogens with zero attached hydrogens (tertiary/aromatic N) is 3. The van der Waals surface area contributed by atoms with Crippen LogP contribution >= 0.6 is 0 Å². The molecule has 0 saturated heterocycles. The molecular formula is C11H12N6O4. The van der Waals surface area contributed by atoms with Gasteiger partial charge in [0.25, 0.3) is 11.6 Å². The lowest BCUT2D eigenvalue weighted by Crippen LogP contribution is -2.23. The van der Waals surface area contributed by atoms with Gasteiger partial charge in [-0.25, -0.2) is 0 Å². The third-order valence-corrected chi connectivity index (χ3v) is 2.59. The quantitative estimate of drug-likeness (QED) is 0.409. The Bertz CT molecular complexity index is 683. The van der Waals surface area contributed by atoms with Crippen LogP contribution in [0.4, 0.5) is 11.4 Å². The maximum absolute atomic E-state index is 11.9. The van der Waals surface area contributed by atoms with Crippen LogP contribution in [0.25, 0.3) is 0 Å². The van der Waals surface area contributed by atoms with Crippen molar-refractivity contribution in [2.75, 3.05) is 5.43 Å². The van der Waals surface area contributed by atoms with Crippen LogP contribution in [0.2, 0.25) is 0 Å². The number of hydrogen-bond acceptors (Lipinski definition) is 8. The minimum atomic E-state index is -0.630. The van der Waals surface area contributed by atoms with Gasteiger partial charge in [0.2, 0.25) is 5.89 Å². The van der Waals surface area contributed by atoms with E-state index in [0.29, 0.717) is 11.7 Å². The van der Waals surface area contributed by atoms with Crippen molar-refractivity contribution >= 4 is 17.3 Å². The first-order chi connectivity index (χ1) is 10.0. The van der Waals surface area contributed by atoms with E-state index in [9.17, 15) is 14.9 Å². The van der Waals surface area contributed by atoms with Crippen molar-refractivity contribution in [2.24, 2.45) is 5.84 Å². The molecule has 1 heterocycles. The van der Waals surface area contributed by atoms with Gasteiger partial charge in [-0.3, -0.25) is 20.8 Å². The predicted molar refractivity (Wildman–Crippen MR) is 71.1 cm³/mol. The molecule has 1 aromatic heterocycles. The van der Waals surface area contributed by atoms with Crippen molar-refractivity contribution in [3.8, 4) is 0 Å². The normalized spacial score (nSPS) is 10.2. The number of anilines is 1. The van der Waals surface area contributed by atoms with E-state index >= 15 is 0 Å². The Morgan fingerprint density at radius 3 is 2.86 bits per heavy atom. The number of aromatic nitrogens is 2. The van der Waals surface area contributed by atoms with Crippen molar-refractivity contribution < 1.29 is 14.2 Å². The Kier molecular flexibility index (Phi) is 4.09. The second-order valence-corrected chi connectivity index (χ2v) is 4.05. The minimum Gasteiger partial charge on any atom is -0.345 e. The zero-order valence-corrected chi connectivity index (χ0v) is 11.0. The Labute approximate surface area is 118 Å². The van der Waals surface area contributed by atoms with Gasteiger partial charge in [0.15, 0.2) is 5.82 Å². The van der Waals surface area contributed by atoms with Crippen LogP contribution in [-0.4, -0.2) is 21.0 Å². The van der Waals surface area contributed by atoms with E-state index in [1.165, 1.54) is 12.1 Å². The Morgan fingerprint density at radius 2 is 2.29 bits per heavy atom.